The van der Waals surface area contributed by atoms with E-state index in [4.69, 9.17) is 9.47 Å². The number of H-pyrrole nitrogens is 2. The lowest BCUT2D eigenvalue weighted by atomic mass is 9.56. The van der Waals surface area contributed by atoms with Crippen LogP contribution in [-0.2, 0) is 32.2 Å². The number of hydrogen-bond donors (Lipinski definition) is 5. The molecular weight excluding hydrogens is 813 g/mol. The number of imidazole rings is 2. The van der Waals surface area contributed by atoms with E-state index in [0.29, 0.717) is 57.2 Å². The third-order valence-electron chi connectivity index (χ3n) is 12.4. The van der Waals surface area contributed by atoms with Gasteiger partial charge in [-0.15, -0.1) is 25.7 Å². The van der Waals surface area contributed by atoms with E-state index in [1.54, 1.807) is 6.20 Å². The van der Waals surface area contributed by atoms with E-state index in [2.05, 4.69) is 146 Å². The smallest absolute Gasteiger partial charge is 0.229 e. The monoisotopic (exact) mass is 891 g/mol. The highest BCUT2D eigenvalue weighted by Crippen LogP contribution is 2.53. The molecule has 4 fully saturated rings. The Morgan fingerprint density at radius 1 is 0.631 bits per heavy atom. The molecule has 2 aromatic carbocycles. The summed E-state index contributed by atoms with van der Waals surface area (Å²) in [5, 5.41) is 17.6. The van der Waals surface area contributed by atoms with Crippen molar-refractivity contribution in [2.24, 2.45) is 28.6 Å². The Morgan fingerprint density at radius 3 is 1.37 bits per heavy atom. The van der Waals surface area contributed by atoms with Crippen LogP contribution in [0.5, 0.6) is 0 Å². The highest BCUT2D eigenvalue weighted by Gasteiger charge is 2.59. The molecule has 0 radical (unpaired) electrons. The molecule has 2 aromatic heterocycles. The molecule has 2 aliphatic heterocycles. The highest BCUT2D eigenvalue weighted by molar-refractivity contribution is 5.85. The quantitative estimate of drug-likeness (QED) is 0.0940. The number of benzene rings is 2. The molecule has 4 aliphatic rings. The number of hydrogen-bond acceptors (Lipinski definition) is 7. The van der Waals surface area contributed by atoms with Crippen molar-refractivity contribution >= 4 is 11.8 Å². The maximum absolute atomic E-state index is 13.3. The Hall–Kier alpha value is -5.20. The summed E-state index contributed by atoms with van der Waals surface area (Å²) in [5.74, 6) is 3.57. The number of nitrogens with zero attached hydrogens (tertiary/aromatic N) is 2. The number of aromatic amines is 2. The summed E-state index contributed by atoms with van der Waals surface area (Å²) in [6.45, 7) is 20.2. The fourth-order valence-corrected chi connectivity index (χ4v) is 8.81. The second-order valence-corrected chi connectivity index (χ2v) is 18.4. The van der Waals surface area contributed by atoms with Crippen molar-refractivity contribution < 1.29 is 24.2 Å². The number of nitrogens with one attached hydrogen (secondary N) is 4. The number of aromatic nitrogens is 4. The van der Waals surface area contributed by atoms with Gasteiger partial charge < -0.3 is 35.2 Å². The van der Waals surface area contributed by atoms with E-state index in [1.807, 2.05) is 20.0 Å². The van der Waals surface area contributed by atoms with Gasteiger partial charge in [-0.05, 0) is 78.5 Å². The van der Waals surface area contributed by atoms with E-state index in [9.17, 15) is 14.7 Å². The number of terminal acetylenes is 2. The third kappa shape index (κ3) is 14.1. The van der Waals surface area contributed by atoms with Gasteiger partial charge in [0.25, 0.3) is 0 Å². The molecule has 5 N–H and O–H groups in total. The fraction of sp³-hybridized carbons (Fsp3) is 0.556. The Labute approximate surface area is 390 Å². The predicted molar refractivity (Wildman–Crippen MR) is 264 cm³/mol. The van der Waals surface area contributed by atoms with Crippen molar-refractivity contribution in [1.29, 1.82) is 0 Å². The van der Waals surface area contributed by atoms with Crippen molar-refractivity contribution in [3.63, 3.8) is 0 Å². The summed E-state index contributed by atoms with van der Waals surface area (Å²) in [6, 6.07) is 16.7. The van der Waals surface area contributed by atoms with Gasteiger partial charge in [0, 0.05) is 39.3 Å². The zero-order valence-corrected chi connectivity index (χ0v) is 40.6. The first-order valence-corrected chi connectivity index (χ1v) is 23.7. The van der Waals surface area contributed by atoms with Crippen molar-refractivity contribution in [1.82, 2.24) is 30.6 Å². The SMILES string of the molecule is C#C.C#C.CC.CC(C)C.CC(C)C.O=C(NCc1ncc(-c2ccc(-c3ccc(-c4cnc(CNC(=O)C5(C6(O)CCOCC6)CCC5)[nH]4)cc3)cc2)[nH]1)C1(C2CCOCC2)CCC1. The molecular formula is C54H78N6O5. The first-order chi connectivity index (χ1) is 31.3. The van der Waals surface area contributed by atoms with Crippen molar-refractivity contribution in [3.05, 3.63) is 72.6 Å². The van der Waals surface area contributed by atoms with E-state index in [0.717, 1.165) is 103 Å². The molecule has 2 aliphatic carbocycles. The lowest BCUT2D eigenvalue weighted by molar-refractivity contribution is -0.186. The number of amides is 2. The summed E-state index contributed by atoms with van der Waals surface area (Å²) < 4.78 is 11.0. The van der Waals surface area contributed by atoms with E-state index >= 15 is 0 Å². The predicted octanol–water partition coefficient (Wildman–Crippen LogP) is 10.5. The molecule has 0 atom stereocenters. The highest BCUT2D eigenvalue weighted by atomic mass is 16.5. The lowest BCUT2D eigenvalue weighted by Gasteiger charge is -2.53. The summed E-state index contributed by atoms with van der Waals surface area (Å²) in [5.41, 5.74) is 4.04. The molecule has 0 spiro atoms. The third-order valence-corrected chi connectivity index (χ3v) is 12.4. The van der Waals surface area contributed by atoms with Gasteiger partial charge in [0.1, 0.15) is 11.6 Å². The van der Waals surface area contributed by atoms with Gasteiger partial charge in [-0.1, -0.05) is 117 Å². The van der Waals surface area contributed by atoms with Gasteiger partial charge in [-0.2, -0.15) is 0 Å². The van der Waals surface area contributed by atoms with Crippen LogP contribution in [0, 0.1) is 54.3 Å². The normalized spacial score (nSPS) is 17.6. The Morgan fingerprint density at radius 2 is 1.00 bits per heavy atom. The molecule has 0 unspecified atom stereocenters. The largest absolute Gasteiger partial charge is 0.389 e. The number of carbonyl (C=O) groups excluding carboxylic acids is 2. The number of ether oxygens (including phenoxy) is 2. The Balaban J connectivity index is 0.000000718. The maximum atomic E-state index is 13.3. The van der Waals surface area contributed by atoms with Crippen LogP contribution in [-0.4, -0.2) is 68.9 Å². The fourth-order valence-electron chi connectivity index (χ4n) is 8.81. The minimum absolute atomic E-state index is 0.0915. The summed E-state index contributed by atoms with van der Waals surface area (Å²) in [7, 11) is 0. The molecule has 2 saturated carbocycles. The van der Waals surface area contributed by atoms with Gasteiger partial charge in [0.15, 0.2) is 0 Å². The molecule has 2 saturated heterocycles. The van der Waals surface area contributed by atoms with Crippen molar-refractivity contribution in [2.75, 3.05) is 26.4 Å². The summed E-state index contributed by atoms with van der Waals surface area (Å²) >= 11 is 0. The van der Waals surface area contributed by atoms with Gasteiger partial charge >= 0.3 is 0 Å². The lowest BCUT2D eigenvalue weighted by Crippen LogP contribution is -2.62. The molecule has 8 rings (SSSR count). The molecule has 0 bridgehead atoms. The van der Waals surface area contributed by atoms with Gasteiger partial charge in [0.2, 0.25) is 11.8 Å². The second-order valence-electron chi connectivity index (χ2n) is 18.4. The molecule has 2 amide bonds. The topological polar surface area (TPSA) is 154 Å². The Kier molecular flexibility index (Phi) is 22.2. The minimum atomic E-state index is -1.00. The van der Waals surface area contributed by atoms with Crippen LogP contribution in [0.2, 0.25) is 0 Å². The van der Waals surface area contributed by atoms with Crippen LogP contribution in [0.25, 0.3) is 33.6 Å². The van der Waals surface area contributed by atoms with Gasteiger partial charge in [0.05, 0.1) is 53.3 Å². The zero-order valence-electron chi connectivity index (χ0n) is 40.6. The molecule has 4 heterocycles. The van der Waals surface area contributed by atoms with E-state index < -0.39 is 11.0 Å². The average Bonchev–Trinajstić information content (AvgIpc) is 3.97. The van der Waals surface area contributed by atoms with Crippen molar-refractivity contribution in [2.45, 2.75) is 138 Å². The number of aliphatic hydroxyl groups is 1. The first kappa shape index (κ1) is 54.1. The van der Waals surface area contributed by atoms with Crippen molar-refractivity contribution in [3.8, 4) is 59.3 Å². The molecule has 4 aromatic rings. The first-order valence-electron chi connectivity index (χ1n) is 23.7. The second kappa shape index (κ2) is 26.7. The van der Waals surface area contributed by atoms with Crippen LogP contribution >= 0.6 is 0 Å². The molecule has 11 nitrogen and oxygen atoms in total. The standard InChI is InChI=1S/C40H48N6O5.2C4H10.C2H6.2C2H2/c47-36(38(13-1-14-38)31-11-19-50-20-12-31)43-25-34-41-23-32(45-34)29-7-3-27(4-8-29)28-5-9-30(10-6-28)33-24-42-35(46-33)26-44-37(48)39(15-2-16-39)40(49)17-21-51-22-18-40;2*1-4(2)3;3*1-2/h3-10,23-24,31,49H,1-2,11-22,25-26H2,(H,41,45)(H,42,46)(H,43,47)(H,44,48);2*4H,1-3H3;1-2H3;2*1-2H. The molecule has 65 heavy (non-hydrogen) atoms. The minimum Gasteiger partial charge on any atom is -0.389 e. The van der Waals surface area contributed by atoms with E-state index in [-0.39, 0.29) is 23.8 Å². The number of rotatable bonds is 11. The van der Waals surface area contributed by atoms with Gasteiger partial charge in [-0.3, -0.25) is 9.59 Å². The maximum Gasteiger partial charge on any atom is 0.229 e. The Bertz CT molecular complexity index is 2010. The van der Waals surface area contributed by atoms with E-state index in [1.165, 1.54) is 0 Å². The summed E-state index contributed by atoms with van der Waals surface area (Å²) in [4.78, 5) is 42.4. The van der Waals surface area contributed by atoms with Crippen LogP contribution < -0.4 is 10.6 Å². The molecule has 354 valence electrons. The summed E-state index contributed by atoms with van der Waals surface area (Å²) in [6.07, 6.45) is 28.0. The number of carbonyl (C=O) groups is 2. The van der Waals surface area contributed by atoms with Crippen LogP contribution in [0.3, 0.4) is 0 Å². The van der Waals surface area contributed by atoms with Crippen LogP contribution in [0.15, 0.2) is 60.9 Å². The molecule has 11 heteroatoms. The zero-order chi connectivity index (χ0) is 48.0. The van der Waals surface area contributed by atoms with Gasteiger partial charge in [-0.25, -0.2) is 9.97 Å². The van der Waals surface area contributed by atoms with Crippen LogP contribution in [0.4, 0.5) is 0 Å². The van der Waals surface area contributed by atoms with Crippen LogP contribution in [0.1, 0.15) is 131 Å². The average molecular weight is 891 g/mol.